The Balaban J connectivity index is 1.02. The molecular weight excluding hydrogens is 847 g/mol. The second-order valence-electron chi connectivity index (χ2n) is 17.3. The van der Waals surface area contributed by atoms with E-state index >= 15 is 0 Å². The number of fused-ring (bicyclic) bond motifs is 10. The minimum atomic E-state index is 0.507. The summed E-state index contributed by atoms with van der Waals surface area (Å²) in [6.07, 6.45) is 0. The van der Waals surface area contributed by atoms with E-state index in [9.17, 15) is 0 Å². The molecule has 0 saturated heterocycles. The average molecular weight is 884 g/mol. The quantitative estimate of drug-likeness (QED) is 0.158. The summed E-state index contributed by atoms with van der Waals surface area (Å²) >= 11 is 0. The minimum Gasteiger partial charge on any atom is -0.456 e. The number of aromatic nitrogens is 7. The van der Waals surface area contributed by atoms with E-state index < -0.39 is 0 Å². The van der Waals surface area contributed by atoms with Gasteiger partial charge in [-0.2, -0.15) is 9.97 Å². The molecule has 0 amide bonds. The largest absolute Gasteiger partial charge is 0.456 e. The zero-order chi connectivity index (χ0) is 45.4. The first-order valence-electron chi connectivity index (χ1n) is 23.0. The van der Waals surface area contributed by atoms with Gasteiger partial charge in [0.1, 0.15) is 11.2 Å². The van der Waals surface area contributed by atoms with Crippen molar-refractivity contribution in [1.29, 1.82) is 0 Å². The zero-order valence-corrected chi connectivity index (χ0v) is 36.9. The van der Waals surface area contributed by atoms with Crippen LogP contribution < -0.4 is 0 Å². The Labute approximate surface area is 395 Å². The van der Waals surface area contributed by atoms with Crippen molar-refractivity contribution in [2.24, 2.45) is 0 Å². The fourth-order valence-electron chi connectivity index (χ4n) is 10.0. The van der Waals surface area contributed by atoms with Gasteiger partial charge in [0.25, 0.3) is 0 Å². The van der Waals surface area contributed by atoms with Crippen molar-refractivity contribution in [3.05, 3.63) is 224 Å². The monoisotopic (exact) mass is 883 g/mol. The Kier molecular flexibility index (Phi) is 8.72. The molecule has 5 heterocycles. The first-order chi connectivity index (χ1) is 34.2. The lowest BCUT2D eigenvalue weighted by atomic mass is 10.0. The van der Waals surface area contributed by atoms with Crippen LogP contribution >= 0.6 is 0 Å². The molecule has 8 heteroatoms. The van der Waals surface area contributed by atoms with Crippen LogP contribution in [0.1, 0.15) is 0 Å². The van der Waals surface area contributed by atoms with Gasteiger partial charge < -0.3 is 8.98 Å². The van der Waals surface area contributed by atoms with Crippen LogP contribution in [0.3, 0.4) is 0 Å². The van der Waals surface area contributed by atoms with Gasteiger partial charge in [0.15, 0.2) is 17.5 Å². The molecule has 8 nitrogen and oxygen atoms in total. The van der Waals surface area contributed by atoms with Crippen molar-refractivity contribution in [3.63, 3.8) is 0 Å². The summed E-state index contributed by atoms with van der Waals surface area (Å²) in [6, 6.07) is 77.3. The highest BCUT2D eigenvalue weighted by molar-refractivity contribution is 6.24. The van der Waals surface area contributed by atoms with E-state index in [1.165, 1.54) is 0 Å². The Bertz CT molecular complexity index is 4250. The lowest BCUT2D eigenvalue weighted by Crippen LogP contribution is -2.07. The molecule has 69 heavy (non-hydrogen) atoms. The molecule has 0 N–H and O–H groups in total. The van der Waals surface area contributed by atoms with Gasteiger partial charge in [-0.15, -0.1) is 0 Å². The molecule has 0 spiro atoms. The first-order valence-corrected chi connectivity index (χ1v) is 23.0. The number of rotatable bonds is 7. The van der Waals surface area contributed by atoms with Crippen molar-refractivity contribution >= 4 is 65.6 Å². The van der Waals surface area contributed by atoms with Gasteiger partial charge in [-0.3, -0.25) is 4.57 Å². The molecular formula is C61H37N7O. The number of para-hydroxylation sites is 3. The van der Waals surface area contributed by atoms with Crippen LogP contribution in [-0.4, -0.2) is 34.1 Å². The van der Waals surface area contributed by atoms with Crippen molar-refractivity contribution in [2.75, 3.05) is 0 Å². The standard InChI is InChI=1S/C61H37N7O/c1-4-17-38(18-5-1)50-37-51(63-58(62-50)39-19-6-2-7-20-39)41-23-16-24-42(35-41)60-64-59(40-21-8-3-9-22-40)65-61(66-60)68-53-29-14-11-26-45(53)49-34-33-48-44-25-10-13-28-52(44)67(56(48)57(49)68)43-31-32-47-46-27-12-15-30-54(46)69-55(47)36-43/h1-37H. The van der Waals surface area contributed by atoms with E-state index in [2.05, 4.69) is 137 Å². The lowest BCUT2D eigenvalue weighted by molar-refractivity contribution is 0.668. The van der Waals surface area contributed by atoms with Gasteiger partial charge in [0.2, 0.25) is 5.95 Å². The predicted octanol–water partition coefficient (Wildman–Crippen LogP) is 15.1. The molecule has 0 fully saturated rings. The van der Waals surface area contributed by atoms with Crippen LogP contribution in [0, 0.1) is 0 Å². The molecule has 9 aromatic carbocycles. The van der Waals surface area contributed by atoms with E-state index in [1.807, 2.05) is 97.1 Å². The molecule has 14 rings (SSSR count). The van der Waals surface area contributed by atoms with Crippen LogP contribution in [0.4, 0.5) is 0 Å². The van der Waals surface area contributed by atoms with Crippen LogP contribution in [-0.2, 0) is 0 Å². The van der Waals surface area contributed by atoms with Gasteiger partial charge in [-0.25, -0.2) is 15.0 Å². The van der Waals surface area contributed by atoms with Crippen LogP contribution in [0.15, 0.2) is 229 Å². The summed E-state index contributed by atoms with van der Waals surface area (Å²) in [5.41, 5.74) is 13.0. The molecule has 0 aliphatic rings. The maximum absolute atomic E-state index is 6.49. The third kappa shape index (κ3) is 6.34. The van der Waals surface area contributed by atoms with E-state index in [-0.39, 0.29) is 0 Å². The second-order valence-corrected chi connectivity index (χ2v) is 17.3. The Morgan fingerprint density at radius 1 is 0.290 bits per heavy atom. The molecule has 14 aromatic rings. The van der Waals surface area contributed by atoms with E-state index in [0.29, 0.717) is 23.4 Å². The molecule has 0 atom stereocenters. The summed E-state index contributed by atoms with van der Waals surface area (Å²) in [6.45, 7) is 0. The highest BCUT2D eigenvalue weighted by atomic mass is 16.3. The van der Waals surface area contributed by atoms with Crippen LogP contribution in [0.25, 0.3) is 134 Å². The van der Waals surface area contributed by atoms with Crippen molar-refractivity contribution < 1.29 is 4.42 Å². The van der Waals surface area contributed by atoms with Crippen molar-refractivity contribution in [3.8, 4) is 68.3 Å². The van der Waals surface area contributed by atoms with Gasteiger partial charge in [-0.1, -0.05) is 176 Å². The molecule has 0 aliphatic heterocycles. The Morgan fingerprint density at radius 2 is 0.768 bits per heavy atom. The molecule has 0 aliphatic carbocycles. The zero-order valence-electron chi connectivity index (χ0n) is 36.9. The third-order valence-electron chi connectivity index (χ3n) is 13.2. The molecule has 0 radical (unpaired) electrons. The number of hydrogen-bond acceptors (Lipinski definition) is 6. The van der Waals surface area contributed by atoms with Gasteiger partial charge in [-0.05, 0) is 42.5 Å². The third-order valence-corrected chi connectivity index (χ3v) is 13.2. The number of hydrogen-bond donors (Lipinski definition) is 0. The average Bonchev–Trinajstić information content (AvgIpc) is 4.09. The SMILES string of the molecule is c1ccc(-c2cc(-c3cccc(-c4nc(-c5ccccc5)nc(-n5c6ccccc6c6ccc7c8ccccc8n(-c8ccc9c(c8)oc8ccccc89)c7c65)n4)c3)nc(-c3ccccc3)n2)cc1. The molecule has 0 saturated carbocycles. The number of furan rings is 1. The molecule has 0 bridgehead atoms. The van der Waals surface area contributed by atoms with E-state index in [4.69, 9.17) is 29.3 Å². The molecule has 322 valence electrons. The van der Waals surface area contributed by atoms with E-state index in [0.717, 1.165) is 110 Å². The van der Waals surface area contributed by atoms with Gasteiger partial charge in [0, 0.05) is 66.2 Å². The van der Waals surface area contributed by atoms with Crippen molar-refractivity contribution in [2.45, 2.75) is 0 Å². The molecule has 5 aromatic heterocycles. The van der Waals surface area contributed by atoms with Gasteiger partial charge >= 0.3 is 0 Å². The maximum Gasteiger partial charge on any atom is 0.238 e. The first kappa shape index (κ1) is 38.7. The normalized spacial score (nSPS) is 11.8. The summed E-state index contributed by atoms with van der Waals surface area (Å²) < 4.78 is 11.1. The molecule has 0 unspecified atom stereocenters. The Morgan fingerprint density at radius 3 is 1.45 bits per heavy atom. The minimum absolute atomic E-state index is 0.507. The highest BCUT2D eigenvalue weighted by Gasteiger charge is 2.24. The second kappa shape index (κ2) is 15.5. The maximum atomic E-state index is 6.49. The number of benzene rings is 9. The highest BCUT2D eigenvalue weighted by Crippen LogP contribution is 2.43. The summed E-state index contributed by atoms with van der Waals surface area (Å²) in [4.78, 5) is 26.3. The number of nitrogens with zero attached hydrogens (tertiary/aromatic N) is 7. The predicted molar refractivity (Wildman–Crippen MR) is 279 cm³/mol. The Hall–Kier alpha value is -9.53. The van der Waals surface area contributed by atoms with Crippen molar-refractivity contribution in [1.82, 2.24) is 34.1 Å². The van der Waals surface area contributed by atoms with Crippen LogP contribution in [0.2, 0.25) is 0 Å². The fraction of sp³-hybridized carbons (Fsp3) is 0. The smallest absolute Gasteiger partial charge is 0.238 e. The topological polar surface area (TPSA) is 87.5 Å². The lowest BCUT2D eigenvalue weighted by Gasteiger charge is -2.14. The van der Waals surface area contributed by atoms with Crippen LogP contribution in [0.5, 0.6) is 0 Å². The summed E-state index contributed by atoms with van der Waals surface area (Å²) in [7, 11) is 0. The van der Waals surface area contributed by atoms with E-state index in [1.54, 1.807) is 0 Å². The summed E-state index contributed by atoms with van der Waals surface area (Å²) in [5, 5.41) is 6.62. The summed E-state index contributed by atoms with van der Waals surface area (Å²) in [5.74, 6) is 2.26. The van der Waals surface area contributed by atoms with Gasteiger partial charge in [0.05, 0.1) is 39.1 Å². The fourth-order valence-corrected chi connectivity index (χ4v) is 10.0.